The van der Waals surface area contributed by atoms with Crippen molar-refractivity contribution in [2.24, 2.45) is 0 Å². The molecule has 0 radical (unpaired) electrons. The van der Waals surface area contributed by atoms with Gasteiger partial charge >= 0.3 is 41.5 Å². The van der Waals surface area contributed by atoms with Gasteiger partial charge in [-0.1, -0.05) is 36.4 Å². The summed E-state index contributed by atoms with van der Waals surface area (Å²) in [5.74, 6) is -1.13. The number of nitrogens with one attached hydrogen (secondary N) is 1. The molecule has 0 saturated heterocycles. The number of aryl methyl sites for hydroxylation is 2. The smallest absolute Gasteiger partial charge is 0.857 e. The molecule has 2 heterocycles. The number of amides is 1. The van der Waals surface area contributed by atoms with Crippen molar-refractivity contribution in [2.75, 3.05) is 27.9 Å². The molecule has 6 aromatic rings. The average molecular weight is 750 g/mol. The maximum absolute atomic E-state index is 12.1. The van der Waals surface area contributed by atoms with Crippen LogP contribution in [-0.2, 0) is 9.53 Å². The van der Waals surface area contributed by atoms with Crippen LogP contribution in [0.3, 0.4) is 0 Å². The molecule has 0 saturated carbocycles. The van der Waals surface area contributed by atoms with Gasteiger partial charge in [0.2, 0.25) is 0 Å². The second-order valence-electron chi connectivity index (χ2n) is 10.5. The minimum absolute atomic E-state index is 0. The van der Waals surface area contributed by atoms with Gasteiger partial charge in [-0.3, -0.25) is 9.59 Å². The number of aromatic nitrogens is 2. The molecule has 0 fully saturated rings. The Labute approximate surface area is 335 Å². The summed E-state index contributed by atoms with van der Waals surface area (Å²) < 4.78 is 31.3. The molecule has 0 aliphatic rings. The molecule has 0 atom stereocenters. The van der Waals surface area contributed by atoms with Crippen molar-refractivity contribution in [3.63, 3.8) is 0 Å². The van der Waals surface area contributed by atoms with Crippen LogP contribution < -0.4 is 49.5 Å². The van der Waals surface area contributed by atoms with Crippen LogP contribution >= 0.6 is 0 Å². The summed E-state index contributed by atoms with van der Waals surface area (Å²) in [6.07, 6.45) is 0. The Bertz CT molecular complexity index is 2330. The summed E-state index contributed by atoms with van der Waals surface area (Å²) in [5, 5.41) is 48.9. The first-order chi connectivity index (χ1) is 26.3. The van der Waals surface area contributed by atoms with Gasteiger partial charge in [0.1, 0.15) is 29.5 Å². The number of nitrogens with zero attached hydrogens (tertiary/aromatic N) is 2. The average Bonchev–Trinajstić information content (AvgIpc) is 3.18. The monoisotopic (exact) mass is 749 g/mol. The zero-order valence-corrected chi connectivity index (χ0v) is 32.3. The number of aliphatic hydroxyl groups excluding tert-OH is 1. The van der Waals surface area contributed by atoms with Crippen molar-refractivity contribution in [3.8, 4) is 34.5 Å². The number of esters is 1. The molecule has 54 heavy (non-hydrogen) atoms. The van der Waals surface area contributed by atoms with E-state index in [1.165, 1.54) is 7.11 Å². The van der Waals surface area contributed by atoms with Crippen molar-refractivity contribution in [3.05, 3.63) is 120 Å². The largest absolute Gasteiger partial charge is 1.00 e. The predicted octanol–water partition coefficient (Wildman–Crippen LogP) is 2.27. The van der Waals surface area contributed by atoms with E-state index in [9.17, 15) is 24.6 Å². The van der Waals surface area contributed by atoms with E-state index >= 15 is 0 Å². The third-order valence-electron chi connectivity index (χ3n) is 7.10. The third kappa shape index (κ3) is 11.4. The molecule has 4 aromatic carbocycles. The molecule has 0 aliphatic heterocycles. The van der Waals surface area contributed by atoms with E-state index in [4.69, 9.17) is 27.5 Å². The molecule has 5 N–H and O–H groups in total. The van der Waals surface area contributed by atoms with Crippen LogP contribution in [0.1, 0.15) is 35.1 Å². The predicted molar refractivity (Wildman–Crippen MR) is 195 cm³/mol. The number of pyridine rings is 2. The molecule has 0 unspecified atom stereocenters. The number of aliphatic hydroxyl groups is 1. The van der Waals surface area contributed by atoms with Crippen LogP contribution in [0.5, 0.6) is 34.5 Å². The van der Waals surface area contributed by atoms with Crippen molar-refractivity contribution < 1.29 is 86.4 Å². The normalized spacial score (nSPS) is 10.3. The van der Waals surface area contributed by atoms with Crippen LogP contribution in [0.25, 0.3) is 21.5 Å². The fourth-order valence-corrected chi connectivity index (χ4v) is 4.79. The number of aromatic hydroxyl groups is 2. The first-order valence-corrected chi connectivity index (χ1v) is 15.5. The summed E-state index contributed by atoms with van der Waals surface area (Å²) in [4.78, 5) is 42.6. The second-order valence-corrected chi connectivity index (χ2v) is 10.5. The second kappa shape index (κ2) is 21.7. The SMILES string of the molecule is CO.C[O-].[2H]c1cccc(Oc2ccc3c(O)c(C(=O)NCC(=O)O)nc(C)c3c2)c1.[2H]c1cccc(Oc2ccc3c(O)c(C(=O)OC)nc(C)c3c2)c1.[Na+]. The Hall–Kier alpha value is -5.77. The molecule has 0 aliphatic carbocycles. The van der Waals surface area contributed by atoms with E-state index in [0.717, 1.165) is 14.2 Å². The Balaban J connectivity index is 0.000000351. The first kappa shape index (κ1) is 41.0. The van der Waals surface area contributed by atoms with E-state index in [0.29, 0.717) is 68.0 Å². The number of carbonyl (C=O) groups is 3. The Morgan fingerprint density at radius 1 is 0.704 bits per heavy atom. The van der Waals surface area contributed by atoms with Crippen molar-refractivity contribution in [1.29, 1.82) is 0 Å². The third-order valence-corrected chi connectivity index (χ3v) is 7.10. The maximum atomic E-state index is 12.1. The Morgan fingerprint density at radius 3 is 1.57 bits per heavy atom. The number of fused-ring (bicyclic) bond motifs is 2. The van der Waals surface area contributed by atoms with Crippen LogP contribution in [0, 0.1) is 13.8 Å². The molecule has 14 nitrogen and oxygen atoms in total. The number of carbonyl (C=O) groups excluding carboxylic acids is 2. The van der Waals surface area contributed by atoms with E-state index in [-0.39, 0.29) is 52.4 Å². The maximum Gasteiger partial charge on any atom is 1.00 e. The number of benzene rings is 4. The number of rotatable bonds is 8. The minimum atomic E-state index is -1.20. The number of ether oxygens (including phenoxy) is 3. The number of aliphatic carboxylic acids is 1. The van der Waals surface area contributed by atoms with E-state index in [1.807, 2.05) is 0 Å². The summed E-state index contributed by atoms with van der Waals surface area (Å²) in [5.41, 5.74) is 0.695. The molecule has 276 valence electrons. The molecule has 2 aromatic heterocycles. The molecule has 1 amide bonds. The molecule has 15 heteroatoms. The number of methoxy groups -OCH3 is 1. The molecule has 0 bridgehead atoms. The van der Waals surface area contributed by atoms with Gasteiger partial charge in [0.05, 0.1) is 9.85 Å². The van der Waals surface area contributed by atoms with Gasteiger partial charge in [0.15, 0.2) is 22.9 Å². The van der Waals surface area contributed by atoms with Gasteiger partial charge in [-0.15, -0.1) is 0 Å². The van der Waals surface area contributed by atoms with Gasteiger partial charge in [-0.05, 0) is 74.5 Å². The van der Waals surface area contributed by atoms with Gasteiger partial charge in [-0.2, -0.15) is 7.11 Å². The van der Waals surface area contributed by atoms with Gasteiger partial charge < -0.3 is 45.1 Å². The minimum Gasteiger partial charge on any atom is -0.857 e. The molecule has 0 spiro atoms. The summed E-state index contributed by atoms with van der Waals surface area (Å²) >= 11 is 0. The molecular weight excluding hydrogens is 709 g/mol. The van der Waals surface area contributed by atoms with Gasteiger partial charge in [0.25, 0.3) is 5.91 Å². The topological polar surface area (TPSA) is 221 Å². The van der Waals surface area contributed by atoms with Crippen molar-refractivity contribution in [2.45, 2.75) is 13.8 Å². The van der Waals surface area contributed by atoms with E-state index in [2.05, 4.69) is 20.0 Å². The van der Waals surface area contributed by atoms with E-state index in [1.54, 1.807) is 98.8 Å². The number of hydrogen-bond donors (Lipinski definition) is 5. The van der Waals surface area contributed by atoms with Crippen LogP contribution in [0.15, 0.2) is 97.0 Å². The molecular formula is C39H38N3NaO11. The van der Waals surface area contributed by atoms with Gasteiger partial charge in [0, 0.05) is 40.0 Å². The standard InChI is InChI=1S/C19H16N2O5.C18H15NO4.CH4O.CH3O.Na/c1-11-15-9-13(26-12-5-3-2-4-6-12)7-8-14(15)18(24)17(21-11)19(25)20-10-16(22)23;1-11-15-10-13(23-12-6-4-3-5-7-12)8-9-14(15)17(20)16(19-11)18(21)22-2;2*1-2;/h2-9,24H,10H2,1H3,(H,20,25)(H,22,23);3-10,20H,1-2H3;2H,1H3;1H3;/q;;;-1;+1/i3D;4D;;;. The van der Waals surface area contributed by atoms with Crippen LogP contribution in [0.4, 0.5) is 0 Å². The quantitative estimate of drug-likeness (QED) is 0.112. The zero-order chi connectivity index (χ0) is 40.8. The number of carboxylic acids is 1. The molecule has 6 rings (SSSR count). The summed E-state index contributed by atoms with van der Waals surface area (Å²) in [6, 6.07) is 24.0. The van der Waals surface area contributed by atoms with E-state index < -0.39 is 24.4 Å². The van der Waals surface area contributed by atoms with Crippen molar-refractivity contribution in [1.82, 2.24) is 15.3 Å². The van der Waals surface area contributed by atoms with Gasteiger partial charge in [-0.25, -0.2) is 14.8 Å². The Kier molecular flexibility index (Phi) is 16.5. The fourth-order valence-electron chi connectivity index (χ4n) is 4.79. The number of para-hydroxylation sites is 2. The number of carboxylic acid groups (broad SMARTS) is 1. The first-order valence-electron chi connectivity index (χ1n) is 16.5. The zero-order valence-electron chi connectivity index (χ0n) is 32.3. The summed E-state index contributed by atoms with van der Waals surface area (Å²) in [7, 11) is 2.99. The fraction of sp³-hybridized carbons (Fsp3) is 0.154. The Morgan fingerprint density at radius 2 is 1.15 bits per heavy atom. The van der Waals surface area contributed by atoms with Crippen molar-refractivity contribution >= 4 is 39.4 Å². The summed E-state index contributed by atoms with van der Waals surface area (Å²) in [6.45, 7) is 2.84. The van der Waals surface area contributed by atoms with Crippen LogP contribution in [-0.4, -0.2) is 76.1 Å². The number of hydrogen-bond acceptors (Lipinski definition) is 12. The van der Waals surface area contributed by atoms with Crippen LogP contribution in [0.2, 0.25) is 0 Å².